The Kier molecular flexibility index (Phi) is 9.18. The number of carbonyl (C=O) groups is 1. The molecule has 1 amide bonds. The Morgan fingerprint density at radius 1 is 1.06 bits per heavy atom. The summed E-state index contributed by atoms with van der Waals surface area (Å²) in [5, 5.41) is 3.04. The third kappa shape index (κ3) is 7.17. The van der Waals surface area contributed by atoms with E-state index in [1.165, 1.54) is 32.4 Å². The maximum atomic E-state index is 12.6. The molecule has 0 radical (unpaired) electrons. The minimum absolute atomic E-state index is 0.0603. The number of hydrogen-bond donors (Lipinski definition) is 1. The van der Waals surface area contributed by atoms with Crippen molar-refractivity contribution in [3.63, 3.8) is 0 Å². The summed E-state index contributed by atoms with van der Waals surface area (Å²) in [6.07, 6.45) is 0.399. The van der Waals surface area contributed by atoms with Crippen molar-refractivity contribution in [3.05, 3.63) is 46.5 Å². The SMILES string of the molecule is COc1ccc(CCNC(=O)c2cc(Cl)c(OCC(C)C)c(OC)c2)cc1OC(F)F. The first-order valence-electron chi connectivity index (χ1n) is 9.65. The standard InChI is InChI=1S/C22H26ClF2NO5/c1-13(2)12-30-20-16(23)10-15(11-19(20)29-4)21(27)26-8-7-14-5-6-17(28-3)18(9-14)31-22(24)25/h5-6,9-11,13,22H,7-8,12H2,1-4H3,(H,26,27). The van der Waals surface area contributed by atoms with E-state index >= 15 is 0 Å². The lowest BCUT2D eigenvalue weighted by Gasteiger charge is -2.15. The van der Waals surface area contributed by atoms with Gasteiger partial charge >= 0.3 is 6.61 Å². The van der Waals surface area contributed by atoms with E-state index < -0.39 is 6.61 Å². The summed E-state index contributed by atoms with van der Waals surface area (Å²) in [7, 11) is 2.84. The van der Waals surface area contributed by atoms with Crippen molar-refractivity contribution >= 4 is 17.5 Å². The van der Waals surface area contributed by atoms with Gasteiger partial charge in [-0.05, 0) is 42.2 Å². The first-order chi connectivity index (χ1) is 14.7. The molecule has 0 bridgehead atoms. The summed E-state index contributed by atoms with van der Waals surface area (Å²) in [5.74, 6) is 0.840. The fraction of sp³-hybridized carbons (Fsp3) is 0.409. The monoisotopic (exact) mass is 457 g/mol. The second-order valence-electron chi connectivity index (χ2n) is 7.06. The van der Waals surface area contributed by atoms with Crippen LogP contribution in [0.4, 0.5) is 8.78 Å². The topological polar surface area (TPSA) is 66.0 Å². The Morgan fingerprint density at radius 2 is 1.77 bits per heavy atom. The molecule has 0 aliphatic heterocycles. The summed E-state index contributed by atoms with van der Waals surface area (Å²) in [6.45, 7) is 1.78. The van der Waals surface area contributed by atoms with Crippen LogP contribution < -0.4 is 24.3 Å². The number of rotatable bonds is 11. The van der Waals surface area contributed by atoms with E-state index in [2.05, 4.69) is 10.1 Å². The number of ether oxygens (including phenoxy) is 4. The molecule has 2 rings (SSSR count). The number of carbonyl (C=O) groups excluding carboxylic acids is 1. The van der Waals surface area contributed by atoms with Crippen molar-refractivity contribution in [1.82, 2.24) is 5.32 Å². The van der Waals surface area contributed by atoms with Gasteiger partial charge in [0.1, 0.15) is 0 Å². The Balaban J connectivity index is 2.03. The summed E-state index contributed by atoms with van der Waals surface area (Å²) >= 11 is 6.29. The highest BCUT2D eigenvalue weighted by Crippen LogP contribution is 2.36. The molecule has 31 heavy (non-hydrogen) atoms. The number of halogens is 3. The van der Waals surface area contributed by atoms with E-state index in [1.807, 2.05) is 13.8 Å². The number of hydrogen-bond acceptors (Lipinski definition) is 5. The summed E-state index contributed by atoms with van der Waals surface area (Å²) in [6, 6.07) is 7.77. The third-order valence-electron chi connectivity index (χ3n) is 4.20. The molecule has 0 aliphatic rings. The van der Waals surface area contributed by atoms with Gasteiger partial charge in [-0.15, -0.1) is 0 Å². The van der Waals surface area contributed by atoms with Crippen LogP contribution in [0.25, 0.3) is 0 Å². The van der Waals surface area contributed by atoms with Crippen LogP contribution in [0.3, 0.4) is 0 Å². The van der Waals surface area contributed by atoms with E-state index in [1.54, 1.807) is 12.1 Å². The van der Waals surface area contributed by atoms with Crippen molar-refractivity contribution in [1.29, 1.82) is 0 Å². The van der Waals surface area contributed by atoms with Crippen LogP contribution in [0.5, 0.6) is 23.0 Å². The highest BCUT2D eigenvalue weighted by Gasteiger charge is 2.17. The van der Waals surface area contributed by atoms with Gasteiger partial charge in [-0.25, -0.2) is 0 Å². The Labute approximate surface area is 185 Å². The van der Waals surface area contributed by atoms with Crippen LogP contribution in [-0.4, -0.2) is 39.9 Å². The molecule has 170 valence electrons. The molecule has 2 aromatic carbocycles. The van der Waals surface area contributed by atoms with Crippen LogP contribution in [0.15, 0.2) is 30.3 Å². The molecule has 6 nitrogen and oxygen atoms in total. The van der Waals surface area contributed by atoms with Gasteiger partial charge in [0, 0.05) is 12.1 Å². The van der Waals surface area contributed by atoms with Crippen LogP contribution >= 0.6 is 11.6 Å². The van der Waals surface area contributed by atoms with E-state index in [-0.39, 0.29) is 29.0 Å². The molecule has 0 fully saturated rings. The number of benzene rings is 2. The summed E-state index contributed by atoms with van der Waals surface area (Å²) in [5.41, 5.74) is 1.01. The van der Waals surface area contributed by atoms with Gasteiger partial charge < -0.3 is 24.3 Å². The van der Waals surface area contributed by atoms with Gasteiger partial charge in [0.2, 0.25) is 0 Å². The van der Waals surface area contributed by atoms with Crippen LogP contribution in [0.2, 0.25) is 5.02 Å². The number of methoxy groups -OCH3 is 2. The molecule has 0 unspecified atom stereocenters. The first kappa shape index (κ1) is 24.5. The smallest absolute Gasteiger partial charge is 0.387 e. The van der Waals surface area contributed by atoms with Gasteiger partial charge in [0.15, 0.2) is 23.0 Å². The normalized spacial score (nSPS) is 10.9. The van der Waals surface area contributed by atoms with E-state index in [0.29, 0.717) is 41.6 Å². The van der Waals surface area contributed by atoms with Crippen LogP contribution in [0.1, 0.15) is 29.8 Å². The highest BCUT2D eigenvalue weighted by atomic mass is 35.5. The second kappa shape index (κ2) is 11.6. The fourth-order valence-electron chi connectivity index (χ4n) is 2.73. The van der Waals surface area contributed by atoms with Crippen LogP contribution in [0, 0.1) is 5.92 Å². The molecule has 0 saturated carbocycles. The fourth-order valence-corrected chi connectivity index (χ4v) is 2.99. The van der Waals surface area contributed by atoms with Crippen molar-refractivity contribution in [2.24, 2.45) is 5.92 Å². The Morgan fingerprint density at radius 3 is 2.39 bits per heavy atom. The first-order valence-corrected chi connectivity index (χ1v) is 10.0. The number of amides is 1. The van der Waals surface area contributed by atoms with Crippen molar-refractivity contribution in [3.8, 4) is 23.0 Å². The zero-order valence-electron chi connectivity index (χ0n) is 17.8. The Hall–Kier alpha value is -2.74. The third-order valence-corrected chi connectivity index (χ3v) is 4.48. The predicted molar refractivity (Wildman–Crippen MR) is 114 cm³/mol. The average Bonchev–Trinajstić information content (AvgIpc) is 2.71. The van der Waals surface area contributed by atoms with Crippen molar-refractivity contribution in [2.75, 3.05) is 27.4 Å². The minimum atomic E-state index is -2.96. The summed E-state index contributed by atoms with van der Waals surface area (Å²) < 4.78 is 45.6. The van der Waals surface area contributed by atoms with Crippen LogP contribution in [-0.2, 0) is 6.42 Å². The Bertz CT molecular complexity index is 892. The van der Waals surface area contributed by atoms with Crippen molar-refractivity contribution in [2.45, 2.75) is 26.9 Å². The maximum absolute atomic E-state index is 12.6. The number of nitrogens with one attached hydrogen (secondary N) is 1. The molecule has 0 atom stereocenters. The quantitative estimate of drug-likeness (QED) is 0.516. The lowest BCUT2D eigenvalue weighted by atomic mass is 10.1. The van der Waals surface area contributed by atoms with Gasteiger partial charge in [-0.2, -0.15) is 8.78 Å². The van der Waals surface area contributed by atoms with Crippen molar-refractivity contribution < 1.29 is 32.5 Å². The zero-order valence-corrected chi connectivity index (χ0v) is 18.6. The molecule has 0 aromatic heterocycles. The molecule has 9 heteroatoms. The molecule has 1 N–H and O–H groups in total. The molecular formula is C22H26ClF2NO5. The zero-order chi connectivity index (χ0) is 23.0. The molecule has 0 aliphatic carbocycles. The predicted octanol–water partition coefficient (Wildman–Crippen LogP) is 4.97. The average molecular weight is 458 g/mol. The number of alkyl halides is 2. The molecule has 0 spiro atoms. The summed E-state index contributed by atoms with van der Waals surface area (Å²) in [4.78, 5) is 12.5. The van der Waals surface area contributed by atoms with E-state index in [4.69, 9.17) is 25.8 Å². The van der Waals surface area contributed by atoms with Gasteiger partial charge in [-0.1, -0.05) is 31.5 Å². The lowest BCUT2D eigenvalue weighted by molar-refractivity contribution is -0.0512. The van der Waals surface area contributed by atoms with Gasteiger partial charge in [-0.3, -0.25) is 4.79 Å². The highest BCUT2D eigenvalue weighted by molar-refractivity contribution is 6.32. The van der Waals surface area contributed by atoms with Gasteiger partial charge in [0.05, 0.1) is 25.8 Å². The van der Waals surface area contributed by atoms with Gasteiger partial charge in [0.25, 0.3) is 5.91 Å². The lowest BCUT2D eigenvalue weighted by Crippen LogP contribution is -2.25. The minimum Gasteiger partial charge on any atom is -0.493 e. The largest absolute Gasteiger partial charge is 0.493 e. The second-order valence-corrected chi connectivity index (χ2v) is 7.47. The maximum Gasteiger partial charge on any atom is 0.387 e. The molecule has 0 heterocycles. The molecular weight excluding hydrogens is 432 g/mol. The molecule has 2 aromatic rings. The van der Waals surface area contributed by atoms with E-state index in [0.717, 1.165) is 0 Å². The van der Waals surface area contributed by atoms with E-state index in [9.17, 15) is 13.6 Å². The molecule has 0 saturated heterocycles.